The predicted octanol–water partition coefficient (Wildman–Crippen LogP) is 2.61. The number of nitrogens with one attached hydrogen (secondary N) is 2. The molecule has 0 bridgehead atoms. The van der Waals surface area contributed by atoms with Crippen LogP contribution in [0.3, 0.4) is 0 Å². The van der Waals surface area contributed by atoms with Crippen molar-refractivity contribution in [2.75, 3.05) is 16.1 Å². The molecule has 3 aromatic rings. The van der Waals surface area contributed by atoms with Crippen molar-refractivity contribution < 1.29 is 14.4 Å². The third-order valence-corrected chi connectivity index (χ3v) is 4.05. The van der Waals surface area contributed by atoms with Gasteiger partial charge in [0.2, 0.25) is 5.91 Å². The molecule has 8 nitrogen and oxygen atoms in total. The van der Waals surface area contributed by atoms with Gasteiger partial charge in [-0.15, -0.1) is 0 Å². The first kappa shape index (κ1) is 19.6. The zero-order valence-corrected chi connectivity index (χ0v) is 15.6. The average molecular weight is 389 g/mol. The fourth-order valence-electron chi connectivity index (χ4n) is 2.56. The van der Waals surface area contributed by atoms with E-state index in [1.165, 1.54) is 13.1 Å². The van der Waals surface area contributed by atoms with Crippen LogP contribution in [0.4, 0.5) is 17.1 Å². The lowest BCUT2D eigenvalue weighted by molar-refractivity contribution is -0.117. The number of pyridine rings is 1. The summed E-state index contributed by atoms with van der Waals surface area (Å²) in [6, 6.07) is 16.4. The Morgan fingerprint density at radius 1 is 0.897 bits per heavy atom. The normalized spacial score (nSPS) is 10.1. The molecular weight excluding hydrogens is 370 g/mol. The fourth-order valence-corrected chi connectivity index (χ4v) is 2.56. The SMILES string of the molecule is CC(=O)N(NC(=O)c1cccnc1)c1ccc(C(=O)Nc2ccccc2N)cc1. The van der Waals surface area contributed by atoms with Gasteiger partial charge in [-0.3, -0.25) is 24.8 Å². The van der Waals surface area contributed by atoms with Gasteiger partial charge in [0.25, 0.3) is 11.8 Å². The van der Waals surface area contributed by atoms with E-state index in [0.29, 0.717) is 28.2 Å². The van der Waals surface area contributed by atoms with Crippen LogP contribution in [0.25, 0.3) is 0 Å². The minimum absolute atomic E-state index is 0.315. The quantitative estimate of drug-likeness (QED) is 0.468. The highest BCUT2D eigenvalue weighted by atomic mass is 16.2. The summed E-state index contributed by atoms with van der Waals surface area (Å²) in [4.78, 5) is 40.6. The maximum absolute atomic E-state index is 12.4. The van der Waals surface area contributed by atoms with Crippen LogP contribution in [0.5, 0.6) is 0 Å². The van der Waals surface area contributed by atoms with Gasteiger partial charge in [0.15, 0.2) is 0 Å². The molecule has 1 aromatic heterocycles. The van der Waals surface area contributed by atoms with E-state index in [0.717, 1.165) is 5.01 Å². The van der Waals surface area contributed by atoms with E-state index in [2.05, 4.69) is 15.7 Å². The summed E-state index contributed by atoms with van der Waals surface area (Å²) in [5.74, 6) is -1.21. The Morgan fingerprint density at radius 3 is 2.24 bits per heavy atom. The van der Waals surface area contributed by atoms with Crippen LogP contribution in [-0.2, 0) is 4.79 Å². The van der Waals surface area contributed by atoms with Gasteiger partial charge in [-0.25, -0.2) is 5.01 Å². The lowest BCUT2D eigenvalue weighted by Crippen LogP contribution is -2.45. The fraction of sp³-hybridized carbons (Fsp3) is 0.0476. The lowest BCUT2D eigenvalue weighted by Gasteiger charge is -2.22. The van der Waals surface area contributed by atoms with Gasteiger partial charge in [0.1, 0.15) is 0 Å². The molecule has 3 amide bonds. The Kier molecular flexibility index (Phi) is 5.84. The molecule has 1 heterocycles. The molecule has 0 aliphatic rings. The topological polar surface area (TPSA) is 117 Å². The summed E-state index contributed by atoms with van der Waals surface area (Å²) in [5.41, 5.74) is 10.4. The van der Waals surface area contributed by atoms with E-state index in [1.54, 1.807) is 66.9 Å². The van der Waals surface area contributed by atoms with Crippen molar-refractivity contribution in [3.05, 3.63) is 84.2 Å². The third kappa shape index (κ3) is 4.75. The van der Waals surface area contributed by atoms with Crippen LogP contribution in [0.1, 0.15) is 27.6 Å². The van der Waals surface area contributed by atoms with Gasteiger partial charge in [-0.05, 0) is 48.5 Å². The van der Waals surface area contributed by atoms with Gasteiger partial charge < -0.3 is 11.1 Å². The maximum atomic E-state index is 12.4. The number of hydrogen-bond donors (Lipinski definition) is 3. The van der Waals surface area contributed by atoms with Crippen molar-refractivity contribution in [2.45, 2.75) is 6.92 Å². The van der Waals surface area contributed by atoms with E-state index in [1.807, 2.05) is 0 Å². The molecule has 0 unspecified atom stereocenters. The number of nitrogen functional groups attached to an aromatic ring is 1. The largest absolute Gasteiger partial charge is 0.397 e. The summed E-state index contributed by atoms with van der Waals surface area (Å²) >= 11 is 0. The van der Waals surface area contributed by atoms with Gasteiger partial charge in [-0.1, -0.05) is 12.1 Å². The number of rotatable bonds is 4. The monoisotopic (exact) mass is 389 g/mol. The Labute approximate surface area is 167 Å². The second kappa shape index (κ2) is 8.66. The van der Waals surface area contributed by atoms with E-state index < -0.39 is 11.8 Å². The van der Waals surface area contributed by atoms with E-state index >= 15 is 0 Å². The number of anilines is 3. The second-order valence-corrected chi connectivity index (χ2v) is 6.13. The number of nitrogens with two attached hydrogens (primary N) is 1. The molecule has 0 aliphatic heterocycles. The van der Waals surface area contributed by atoms with Crippen molar-refractivity contribution in [1.29, 1.82) is 0 Å². The van der Waals surface area contributed by atoms with Gasteiger partial charge in [-0.2, -0.15) is 0 Å². The molecule has 4 N–H and O–H groups in total. The number of carbonyl (C=O) groups is 3. The van der Waals surface area contributed by atoms with Crippen LogP contribution < -0.4 is 21.5 Å². The minimum atomic E-state index is -0.477. The summed E-state index contributed by atoms with van der Waals surface area (Å²) < 4.78 is 0. The summed E-state index contributed by atoms with van der Waals surface area (Å²) in [6.45, 7) is 1.32. The van der Waals surface area contributed by atoms with Crippen molar-refractivity contribution in [3.8, 4) is 0 Å². The molecule has 0 aliphatic carbocycles. The number of para-hydroxylation sites is 2. The van der Waals surface area contributed by atoms with E-state index in [9.17, 15) is 14.4 Å². The molecule has 0 saturated heterocycles. The molecule has 0 spiro atoms. The number of carbonyl (C=O) groups excluding carboxylic acids is 3. The van der Waals surface area contributed by atoms with Crippen LogP contribution in [0, 0.1) is 0 Å². The van der Waals surface area contributed by atoms with E-state index in [-0.39, 0.29) is 5.91 Å². The molecule has 29 heavy (non-hydrogen) atoms. The smallest absolute Gasteiger partial charge is 0.271 e. The maximum Gasteiger partial charge on any atom is 0.271 e. The summed E-state index contributed by atoms with van der Waals surface area (Å²) in [5, 5.41) is 3.83. The molecule has 8 heteroatoms. The number of hydrazine groups is 1. The molecule has 146 valence electrons. The number of hydrogen-bond acceptors (Lipinski definition) is 5. The molecule has 2 aromatic carbocycles. The highest BCUT2D eigenvalue weighted by molar-refractivity contribution is 6.06. The number of amides is 3. The van der Waals surface area contributed by atoms with Crippen LogP contribution in [0.2, 0.25) is 0 Å². The molecule has 0 fully saturated rings. The summed E-state index contributed by atoms with van der Waals surface area (Å²) in [7, 11) is 0. The Balaban J connectivity index is 1.74. The zero-order chi connectivity index (χ0) is 20.8. The van der Waals surface area contributed by atoms with E-state index in [4.69, 9.17) is 5.73 Å². The van der Waals surface area contributed by atoms with Gasteiger partial charge in [0.05, 0.1) is 22.6 Å². The molecule has 0 atom stereocenters. The van der Waals surface area contributed by atoms with Crippen molar-refractivity contribution >= 4 is 34.8 Å². The predicted molar refractivity (Wildman–Crippen MR) is 110 cm³/mol. The third-order valence-electron chi connectivity index (χ3n) is 4.05. The van der Waals surface area contributed by atoms with Gasteiger partial charge in [0, 0.05) is 24.9 Å². The standard InChI is InChI=1S/C21H19N5O3/c1-14(27)26(25-21(29)16-5-4-12-23-13-16)17-10-8-15(9-11-17)20(28)24-19-7-3-2-6-18(19)22/h2-13H,22H2,1H3,(H,24,28)(H,25,29). The number of aromatic nitrogens is 1. The molecule has 0 saturated carbocycles. The van der Waals surface area contributed by atoms with Crippen molar-refractivity contribution in [1.82, 2.24) is 10.4 Å². The molecular formula is C21H19N5O3. The van der Waals surface area contributed by atoms with Crippen LogP contribution >= 0.6 is 0 Å². The minimum Gasteiger partial charge on any atom is -0.397 e. The highest BCUT2D eigenvalue weighted by Gasteiger charge is 2.17. The number of benzene rings is 2. The zero-order valence-electron chi connectivity index (χ0n) is 15.6. The lowest BCUT2D eigenvalue weighted by atomic mass is 10.1. The Hall–Kier alpha value is -4.20. The first-order chi connectivity index (χ1) is 14.0. The molecule has 0 radical (unpaired) electrons. The second-order valence-electron chi connectivity index (χ2n) is 6.13. The first-order valence-electron chi connectivity index (χ1n) is 8.73. The van der Waals surface area contributed by atoms with Crippen molar-refractivity contribution in [2.24, 2.45) is 0 Å². The Morgan fingerprint density at radius 2 is 1.62 bits per heavy atom. The first-order valence-corrected chi connectivity index (χ1v) is 8.73. The summed E-state index contributed by atoms with van der Waals surface area (Å²) in [6.07, 6.45) is 2.95. The van der Waals surface area contributed by atoms with Crippen molar-refractivity contribution in [3.63, 3.8) is 0 Å². The Bertz CT molecular complexity index is 1040. The van der Waals surface area contributed by atoms with Crippen LogP contribution in [0.15, 0.2) is 73.1 Å². The highest BCUT2D eigenvalue weighted by Crippen LogP contribution is 2.19. The van der Waals surface area contributed by atoms with Crippen LogP contribution in [-0.4, -0.2) is 22.7 Å². The average Bonchev–Trinajstić information content (AvgIpc) is 2.74. The molecule has 3 rings (SSSR count). The number of nitrogens with zero attached hydrogens (tertiary/aromatic N) is 2. The van der Waals surface area contributed by atoms with Gasteiger partial charge >= 0.3 is 0 Å².